The fourth-order valence-electron chi connectivity index (χ4n) is 3.45. The number of hydrogen-bond donors (Lipinski definition) is 1. The minimum atomic E-state index is -0.539. The maximum absolute atomic E-state index is 13.1. The molecule has 0 unspecified atom stereocenters. The van der Waals surface area contributed by atoms with Crippen molar-refractivity contribution >= 4 is 11.8 Å². The van der Waals surface area contributed by atoms with E-state index in [0.29, 0.717) is 12.0 Å². The largest absolute Gasteiger partial charge is 0.341 e. The van der Waals surface area contributed by atoms with E-state index in [-0.39, 0.29) is 11.8 Å². The first-order valence-electron chi connectivity index (χ1n) is 9.34. The molecular formula is C22H26N2O2. The molecule has 1 aliphatic rings. The summed E-state index contributed by atoms with van der Waals surface area (Å²) in [6.45, 7) is 3.47. The summed E-state index contributed by atoms with van der Waals surface area (Å²) in [4.78, 5) is 27.7. The minimum absolute atomic E-state index is 0.0236. The van der Waals surface area contributed by atoms with Crippen LogP contribution in [0.1, 0.15) is 40.7 Å². The molecule has 0 saturated carbocycles. The van der Waals surface area contributed by atoms with Crippen molar-refractivity contribution in [3.8, 4) is 0 Å². The first-order valence-corrected chi connectivity index (χ1v) is 9.34. The van der Waals surface area contributed by atoms with Gasteiger partial charge in [-0.1, -0.05) is 48.5 Å². The van der Waals surface area contributed by atoms with Crippen LogP contribution in [-0.4, -0.2) is 35.8 Å². The number of nitrogens with one attached hydrogen (secondary N) is 1. The molecule has 1 fully saturated rings. The molecule has 4 nitrogen and oxygen atoms in total. The topological polar surface area (TPSA) is 49.4 Å². The maximum atomic E-state index is 13.1. The van der Waals surface area contributed by atoms with Gasteiger partial charge in [-0.15, -0.1) is 0 Å². The highest BCUT2D eigenvalue weighted by atomic mass is 16.2. The smallest absolute Gasteiger partial charge is 0.252 e. The lowest BCUT2D eigenvalue weighted by Gasteiger charge is -2.31. The Hall–Kier alpha value is -2.62. The van der Waals surface area contributed by atoms with E-state index in [4.69, 9.17) is 0 Å². The number of amides is 2. The molecular weight excluding hydrogens is 324 g/mol. The van der Waals surface area contributed by atoms with Crippen LogP contribution >= 0.6 is 0 Å². The van der Waals surface area contributed by atoms with Crippen molar-refractivity contribution in [2.45, 2.75) is 38.6 Å². The molecule has 0 aromatic heterocycles. The quantitative estimate of drug-likeness (QED) is 0.899. The van der Waals surface area contributed by atoms with Gasteiger partial charge >= 0.3 is 0 Å². The number of rotatable bonds is 5. The number of carbonyl (C=O) groups is 2. The zero-order valence-corrected chi connectivity index (χ0v) is 15.3. The Morgan fingerprint density at radius 1 is 0.962 bits per heavy atom. The van der Waals surface area contributed by atoms with E-state index < -0.39 is 6.04 Å². The van der Waals surface area contributed by atoms with E-state index in [1.54, 1.807) is 6.07 Å². The second-order valence-corrected chi connectivity index (χ2v) is 6.92. The van der Waals surface area contributed by atoms with Crippen LogP contribution < -0.4 is 5.32 Å². The molecule has 3 rings (SSSR count). The molecule has 2 aromatic rings. The SMILES string of the molecule is Cc1ccccc1C(=O)N[C@@H](Cc1ccccc1)C(=O)N1CCCCC1. The molecule has 1 saturated heterocycles. The summed E-state index contributed by atoms with van der Waals surface area (Å²) >= 11 is 0. The third-order valence-electron chi connectivity index (χ3n) is 4.94. The van der Waals surface area contributed by atoms with Crippen LogP contribution in [0.25, 0.3) is 0 Å². The first kappa shape index (κ1) is 18.2. The monoisotopic (exact) mass is 350 g/mol. The number of benzene rings is 2. The lowest BCUT2D eigenvalue weighted by atomic mass is 10.0. The normalized spacial score (nSPS) is 15.3. The summed E-state index contributed by atoms with van der Waals surface area (Å²) in [7, 11) is 0. The molecule has 0 bridgehead atoms. The fraction of sp³-hybridized carbons (Fsp3) is 0.364. The van der Waals surface area contributed by atoms with Crippen molar-refractivity contribution in [1.82, 2.24) is 10.2 Å². The molecule has 4 heteroatoms. The number of piperidine rings is 1. The van der Waals surface area contributed by atoms with E-state index in [0.717, 1.165) is 37.1 Å². The summed E-state index contributed by atoms with van der Waals surface area (Å²) in [5, 5.41) is 2.99. The third kappa shape index (κ3) is 4.51. The highest BCUT2D eigenvalue weighted by Crippen LogP contribution is 2.14. The standard InChI is InChI=1S/C22H26N2O2/c1-17-10-6-7-13-19(17)21(25)23-20(16-18-11-4-2-5-12-18)22(26)24-14-8-3-9-15-24/h2,4-7,10-13,20H,3,8-9,14-16H2,1H3,(H,23,25)/t20-/m0/s1. The van der Waals surface area contributed by atoms with Gasteiger partial charge in [-0.2, -0.15) is 0 Å². The molecule has 1 heterocycles. The van der Waals surface area contributed by atoms with E-state index in [9.17, 15) is 9.59 Å². The summed E-state index contributed by atoms with van der Waals surface area (Å²) in [6, 6.07) is 16.8. The van der Waals surface area contributed by atoms with Crippen molar-refractivity contribution < 1.29 is 9.59 Å². The van der Waals surface area contributed by atoms with Crippen LogP contribution in [0.2, 0.25) is 0 Å². The Kier molecular flexibility index (Phi) is 6.05. The number of aryl methyl sites for hydroxylation is 1. The van der Waals surface area contributed by atoms with Crippen LogP contribution in [0, 0.1) is 6.92 Å². The fourth-order valence-corrected chi connectivity index (χ4v) is 3.45. The third-order valence-corrected chi connectivity index (χ3v) is 4.94. The van der Waals surface area contributed by atoms with Crippen molar-refractivity contribution in [1.29, 1.82) is 0 Å². The molecule has 136 valence electrons. The van der Waals surface area contributed by atoms with E-state index in [1.165, 1.54) is 6.42 Å². The van der Waals surface area contributed by atoms with Crippen LogP contribution in [0.15, 0.2) is 54.6 Å². The predicted octanol–water partition coefficient (Wildman–Crippen LogP) is 3.35. The Labute approximate surface area is 155 Å². The first-order chi connectivity index (χ1) is 12.6. The zero-order valence-electron chi connectivity index (χ0n) is 15.3. The van der Waals surface area contributed by atoms with Crippen molar-refractivity contribution in [2.75, 3.05) is 13.1 Å². The highest BCUT2D eigenvalue weighted by Gasteiger charge is 2.27. The van der Waals surface area contributed by atoms with Gasteiger partial charge in [-0.25, -0.2) is 0 Å². The number of nitrogens with zero attached hydrogens (tertiary/aromatic N) is 1. The van der Waals surface area contributed by atoms with Crippen molar-refractivity contribution in [3.63, 3.8) is 0 Å². The Morgan fingerprint density at radius 3 is 2.31 bits per heavy atom. The van der Waals surface area contributed by atoms with Gasteiger partial charge in [0.15, 0.2) is 0 Å². The maximum Gasteiger partial charge on any atom is 0.252 e. The van der Waals surface area contributed by atoms with Gasteiger partial charge < -0.3 is 10.2 Å². The second kappa shape index (κ2) is 8.65. The van der Waals surface area contributed by atoms with E-state index in [2.05, 4.69) is 5.32 Å². The molecule has 0 spiro atoms. The number of carbonyl (C=O) groups excluding carboxylic acids is 2. The summed E-state index contributed by atoms with van der Waals surface area (Å²) < 4.78 is 0. The molecule has 26 heavy (non-hydrogen) atoms. The van der Waals surface area contributed by atoms with Crippen LogP contribution in [0.4, 0.5) is 0 Å². The van der Waals surface area contributed by atoms with Crippen molar-refractivity contribution in [3.05, 3.63) is 71.3 Å². The van der Waals surface area contributed by atoms with Crippen LogP contribution in [0.3, 0.4) is 0 Å². The Bertz CT molecular complexity index is 752. The van der Waals surface area contributed by atoms with Gasteiger partial charge in [0, 0.05) is 25.1 Å². The highest BCUT2D eigenvalue weighted by molar-refractivity contribution is 5.98. The van der Waals surface area contributed by atoms with Crippen LogP contribution in [0.5, 0.6) is 0 Å². The van der Waals surface area contributed by atoms with Gasteiger partial charge in [0.2, 0.25) is 5.91 Å². The second-order valence-electron chi connectivity index (χ2n) is 6.92. The Morgan fingerprint density at radius 2 is 1.62 bits per heavy atom. The lowest BCUT2D eigenvalue weighted by molar-refractivity contribution is -0.134. The van der Waals surface area contributed by atoms with E-state index in [1.807, 2.05) is 60.4 Å². The van der Waals surface area contributed by atoms with Gasteiger partial charge in [0.1, 0.15) is 6.04 Å². The summed E-state index contributed by atoms with van der Waals surface area (Å²) in [5.41, 5.74) is 2.58. The molecule has 1 N–H and O–H groups in total. The van der Waals surface area contributed by atoms with E-state index >= 15 is 0 Å². The average Bonchev–Trinajstić information content (AvgIpc) is 2.68. The molecule has 1 aliphatic heterocycles. The Balaban J connectivity index is 1.78. The summed E-state index contributed by atoms with van der Waals surface area (Å²) in [6.07, 6.45) is 3.75. The van der Waals surface area contributed by atoms with Crippen LogP contribution in [-0.2, 0) is 11.2 Å². The van der Waals surface area contributed by atoms with Crippen molar-refractivity contribution in [2.24, 2.45) is 0 Å². The molecule has 2 amide bonds. The average molecular weight is 350 g/mol. The van der Waals surface area contributed by atoms with Gasteiger partial charge in [0.05, 0.1) is 0 Å². The summed E-state index contributed by atoms with van der Waals surface area (Å²) in [5.74, 6) is -0.162. The number of likely N-dealkylation sites (tertiary alicyclic amines) is 1. The molecule has 1 atom stereocenters. The van der Waals surface area contributed by atoms with Gasteiger partial charge in [-0.3, -0.25) is 9.59 Å². The molecule has 0 aliphatic carbocycles. The van der Waals surface area contributed by atoms with Gasteiger partial charge in [0.25, 0.3) is 5.91 Å². The lowest BCUT2D eigenvalue weighted by Crippen LogP contribution is -2.51. The minimum Gasteiger partial charge on any atom is -0.341 e. The molecule has 2 aromatic carbocycles. The predicted molar refractivity (Wildman–Crippen MR) is 103 cm³/mol. The van der Waals surface area contributed by atoms with Gasteiger partial charge in [-0.05, 0) is 43.4 Å². The zero-order chi connectivity index (χ0) is 18.4. The molecule has 0 radical (unpaired) electrons. The number of hydrogen-bond acceptors (Lipinski definition) is 2.